The predicted molar refractivity (Wildman–Crippen MR) is 64.7 cm³/mol. The van der Waals surface area contributed by atoms with Crippen molar-refractivity contribution in [2.45, 2.75) is 38.8 Å². The number of nitriles is 1. The van der Waals surface area contributed by atoms with Gasteiger partial charge in [0.2, 0.25) is 0 Å². The number of hydrogen-bond acceptors (Lipinski definition) is 2. The van der Waals surface area contributed by atoms with E-state index in [2.05, 4.69) is 5.32 Å². The molecule has 4 heteroatoms. The van der Waals surface area contributed by atoms with Gasteiger partial charge in [-0.05, 0) is 31.4 Å². The predicted octanol–water partition coefficient (Wildman–Crippen LogP) is 3.11. The summed E-state index contributed by atoms with van der Waals surface area (Å²) in [4.78, 5) is 0. The molecule has 0 saturated heterocycles. The number of rotatable bonds is 5. The first-order chi connectivity index (χ1) is 8.60. The van der Waals surface area contributed by atoms with Gasteiger partial charge >= 0.3 is 0 Å². The summed E-state index contributed by atoms with van der Waals surface area (Å²) < 4.78 is 27.2. The van der Waals surface area contributed by atoms with Crippen LogP contribution in [0, 0.1) is 28.9 Å². The van der Waals surface area contributed by atoms with Crippen LogP contribution in [0.1, 0.15) is 37.3 Å². The molecule has 1 saturated carbocycles. The fourth-order valence-corrected chi connectivity index (χ4v) is 2.05. The Kier molecular flexibility index (Phi) is 3.93. The first-order valence-corrected chi connectivity index (χ1v) is 6.21. The Bertz CT molecular complexity index is 452. The van der Waals surface area contributed by atoms with E-state index in [4.69, 9.17) is 5.26 Å². The molecule has 1 aliphatic rings. The quantitative estimate of drug-likeness (QED) is 0.871. The van der Waals surface area contributed by atoms with Gasteiger partial charge in [0, 0.05) is 18.2 Å². The minimum atomic E-state index is -0.655. The average molecular weight is 250 g/mol. The van der Waals surface area contributed by atoms with Crippen LogP contribution in [0.25, 0.3) is 0 Å². The van der Waals surface area contributed by atoms with Crippen molar-refractivity contribution in [1.82, 2.24) is 5.32 Å². The Labute approximate surface area is 106 Å². The van der Waals surface area contributed by atoms with Crippen LogP contribution in [0.5, 0.6) is 0 Å². The monoisotopic (exact) mass is 250 g/mol. The molecule has 0 aromatic heterocycles. The smallest absolute Gasteiger partial charge is 0.131 e. The highest BCUT2D eigenvalue weighted by atomic mass is 19.1. The summed E-state index contributed by atoms with van der Waals surface area (Å²) in [6.45, 7) is 2.19. The van der Waals surface area contributed by atoms with Crippen molar-refractivity contribution in [2.75, 3.05) is 0 Å². The van der Waals surface area contributed by atoms with E-state index in [0.717, 1.165) is 24.5 Å². The van der Waals surface area contributed by atoms with Gasteiger partial charge in [-0.25, -0.2) is 8.78 Å². The number of nitrogens with one attached hydrogen (secondary N) is 1. The Morgan fingerprint density at radius 2 is 2.00 bits per heavy atom. The molecule has 1 aromatic carbocycles. The lowest BCUT2D eigenvalue weighted by atomic mass is 10.1. The molecule has 0 amide bonds. The minimum absolute atomic E-state index is 0.0108. The molecule has 0 spiro atoms. The lowest BCUT2D eigenvalue weighted by Crippen LogP contribution is -2.26. The lowest BCUT2D eigenvalue weighted by molar-refractivity contribution is 0.465. The van der Waals surface area contributed by atoms with E-state index in [1.807, 2.05) is 6.92 Å². The number of nitrogens with zero attached hydrogens (tertiary/aromatic N) is 1. The highest BCUT2D eigenvalue weighted by molar-refractivity contribution is 5.34. The van der Waals surface area contributed by atoms with Crippen molar-refractivity contribution in [3.8, 4) is 6.07 Å². The highest BCUT2D eigenvalue weighted by Crippen LogP contribution is 2.33. The number of benzene rings is 1. The van der Waals surface area contributed by atoms with Crippen molar-refractivity contribution < 1.29 is 8.78 Å². The van der Waals surface area contributed by atoms with Gasteiger partial charge in [-0.1, -0.05) is 12.8 Å². The number of hydrogen-bond donors (Lipinski definition) is 1. The van der Waals surface area contributed by atoms with E-state index < -0.39 is 11.6 Å². The summed E-state index contributed by atoms with van der Waals surface area (Å²) in [7, 11) is 0. The molecule has 1 fully saturated rings. The maximum Gasteiger partial charge on any atom is 0.131 e. The van der Waals surface area contributed by atoms with Gasteiger partial charge in [0.25, 0.3) is 0 Å². The molecule has 1 aliphatic carbocycles. The molecule has 1 N–H and O–H groups in total. The zero-order valence-electron chi connectivity index (χ0n) is 10.3. The second-order valence-corrected chi connectivity index (χ2v) is 4.99. The Morgan fingerprint density at radius 3 is 2.50 bits per heavy atom. The SMILES string of the molecule is CC(CC1CC1)NCc1c(F)cc(C#N)cc1F. The van der Waals surface area contributed by atoms with Crippen molar-refractivity contribution in [3.05, 3.63) is 34.9 Å². The Morgan fingerprint density at radius 1 is 1.39 bits per heavy atom. The highest BCUT2D eigenvalue weighted by Gasteiger charge is 2.23. The van der Waals surface area contributed by atoms with Crippen molar-refractivity contribution in [2.24, 2.45) is 5.92 Å². The largest absolute Gasteiger partial charge is 0.310 e. The molecular weight excluding hydrogens is 234 g/mol. The summed E-state index contributed by atoms with van der Waals surface area (Å²) in [6.07, 6.45) is 3.59. The first kappa shape index (κ1) is 13.0. The van der Waals surface area contributed by atoms with Crippen molar-refractivity contribution in [1.29, 1.82) is 5.26 Å². The van der Waals surface area contributed by atoms with E-state index in [1.54, 1.807) is 6.07 Å². The zero-order valence-corrected chi connectivity index (χ0v) is 10.3. The second kappa shape index (κ2) is 5.45. The molecule has 96 valence electrons. The van der Waals surface area contributed by atoms with E-state index in [9.17, 15) is 8.78 Å². The second-order valence-electron chi connectivity index (χ2n) is 4.99. The summed E-state index contributed by atoms with van der Waals surface area (Å²) >= 11 is 0. The van der Waals surface area contributed by atoms with Crippen LogP contribution in [0.4, 0.5) is 8.78 Å². The maximum atomic E-state index is 13.6. The molecular formula is C14H16F2N2. The molecule has 1 aromatic rings. The molecule has 2 nitrogen and oxygen atoms in total. The van der Waals surface area contributed by atoms with Crippen LogP contribution in [0.15, 0.2) is 12.1 Å². The Balaban J connectivity index is 1.98. The topological polar surface area (TPSA) is 35.8 Å². The summed E-state index contributed by atoms with van der Waals surface area (Å²) in [6, 6.07) is 4.14. The van der Waals surface area contributed by atoms with E-state index >= 15 is 0 Å². The van der Waals surface area contributed by atoms with Gasteiger partial charge < -0.3 is 5.32 Å². The molecule has 1 unspecified atom stereocenters. The normalized spacial score (nSPS) is 16.3. The Hall–Kier alpha value is -1.47. The summed E-state index contributed by atoms with van der Waals surface area (Å²) in [5, 5.41) is 11.7. The fraction of sp³-hybridized carbons (Fsp3) is 0.500. The lowest BCUT2D eigenvalue weighted by Gasteiger charge is -2.14. The molecule has 0 heterocycles. The third kappa shape index (κ3) is 3.27. The van der Waals surface area contributed by atoms with Crippen LogP contribution in [0.3, 0.4) is 0 Å². The third-order valence-electron chi connectivity index (χ3n) is 3.28. The van der Waals surface area contributed by atoms with Gasteiger partial charge in [0.05, 0.1) is 11.6 Å². The molecule has 0 radical (unpaired) electrons. The maximum absolute atomic E-state index is 13.6. The molecule has 2 rings (SSSR count). The van der Waals surface area contributed by atoms with E-state index in [0.29, 0.717) is 0 Å². The van der Waals surface area contributed by atoms with Gasteiger partial charge in [-0.3, -0.25) is 0 Å². The van der Waals surface area contributed by atoms with E-state index in [-0.39, 0.29) is 23.7 Å². The number of halogens is 2. The van der Waals surface area contributed by atoms with Crippen LogP contribution in [-0.2, 0) is 6.54 Å². The van der Waals surface area contributed by atoms with Crippen LogP contribution < -0.4 is 5.32 Å². The zero-order chi connectivity index (χ0) is 13.1. The molecule has 1 atom stereocenters. The van der Waals surface area contributed by atoms with Crippen LogP contribution >= 0.6 is 0 Å². The fourth-order valence-electron chi connectivity index (χ4n) is 2.05. The summed E-state index contributed by atoms with van der Waals surface area (Å²) in [5.74, 6) is -0.529. The van der Waals surface area contributed by atoms with Crippen molar-refractivity contribution in [3.63, 3.8) is 0 Å². The van der Waals surface area contributed by atoms with Crippen molar-refractivity contribution >= 4 is 0 Å². The standard InChI is InChI=1S/C14H16F2N2/c1-9(4-10-2-3-10)18-8-12-13(15)5-11(7-17)6-14(12)16/h5-6,9-10,18H,2-4,8H2,1H3. The van der Waals surface area contributed by atoms with Gasteiger partial charge in [0.15, 0.2) is 0 Å². The molecule has 0 aliphatic heterocycles. The first-order valence-electron chi connectivity index (χ1n) is 6.21. The minimum Gasteiger partial charge on any atom is -0.310 e. The van der Waals surface area contributed by atoms with E-state index in [1.165, 1.54) is 12.8 Å². The molecule has 0 bridgehead atoms. The summed E-state index contributed by atoms with van der Waals surface area (Å²) in [5.41, 5.74) is 0.0245. The van der Waals surface area contributed by atoms with Gasteiger partial charge in [-0.2, -0.15) is 5.26 Å². The van der Waals surface area contributed by atoms with Crippen LogP contribution in [-0.4, -0.2) is 6.04 Å². The molecule has 18 heavy (non-hydrogen) atoms. The third-order valence-corrected chi connectivity index (χ3v) is 3.28. The van der Waals surface area contributed by atoms with Gasteiger partial charge in [-0.15, -0.1) is 0 Å². The average Bonchev–Trinajstić information content (AvgIpc) is 3.11. The van der Waals surface area contributed by atoms with Gasteiger partial charge in [0.1, 0.15) is 11.6 Å². The van der Waals surface area contributed by atoms with Crippen LogP contribution in [0.2, 0.25) is 0 Å².